The van der Waals surface area contributed by atoms with Gasteiger partial charge in [0.1, 0.15) is 0 Å². The molecule has 1 rings (SSSR count). The van der Waals surface area contributed by atoms with E-state index in [1.807, 2.05) is 0 Å². The fourth-order valence-corrected chi connectivity index (χ4v) is 1.95. The number of nitrogens with two attached hydrogens (primary N) is 1. The van der Waals surface area contributed by atoms with Crippen molar-refractivity contribution in [3.05, 3.63) is 0 Å². The Kier molecular flexibility index (Phi) is 6.36. The minimum absolute atomic E-state index is 0.188. The first kappa shape index (κ1) is 12.5. The van der Waals surface area contributed by atoms with Crippen LogP contribution in [0.4, 0.5) is 0 Å². The number of hydrogen-bond acceptors (Lipinski definition) is 3. The number of amides is 1. The summed E-state index contributed by atoms with van der Waals surface area (Å²) >= 11 is 0. The standard InChI is InChI=1S/C11H23N3O/c12-11(15)5-1-2-6-13-8-10-4-3-7-14-9-10/h10,13-14H,1-9H2,(H2,12,15). The third-order valence-electron chi connectivity index (χ3n) is 2.86. The van der Waals surface area contributed by atoms with Crippen LogP contribution in [-0.2, 0) is 4.79 Å². The summed E-state index contributed by atoms with van der Waals surface area (Å²) in [5, 5.41) is 6.84. The second-order valence-electron chi connectivity index (χ2n) is 4.34. The maximum Gasteiger partial charge on any atom is 0.217 e. The van der Waals surface area contributed by atoms with E-state index in [0.717, 1.165) is 38.4 Å². The van der Waals surface area contributed by atoms with Crippen molar-refractivity contribution in [1.82, 2.24) is 10.6 Å². The summed E-state index contributed by atoms with van der Waals surface area (Å²) in [7, 11) is 0. The number of carbonyl (C=O) groups excluding carboxylic acids is 1. The summed E-state index contributed by atoms with van der Waals surface area (Å²) < 4.78 is 0. The van der Waals surface area contributed by atoms with Crippen LogP contribution in [0.5, 0.6) is 0 Å². The van der Waals surface area contributed by atoms with E-state index in [4.69, 9.17) is 5.73 Å². The van der Waals surface area contributed by atoms with Gasteiger partial charge in [-0.15, -0.1) is 0 Å². The van der Waals surface area contributed by atoms with Gasteiger partial charge in [-0.1, -0.05) is 0 Å². The summed E-state index contributed by atoms with van der Waals surface area (Å²) in [5.74, 6) is 0.598. The first-order chi connectivity index (χ1) is 7.29. The van der Waals surface area contributed by atoms with Gasteiger partial charge in [0.2, 0.25) is 5.91 Å². The minimum atomic E-state index is -0.188. The number of nitrogens with one attached hydrogen (secondary N) is 2. The molecule has 0 saturated carbocycles. The summed E-state index contributed by atoms with van der Waals surface area (Å²) in [6.45, 7) is 4.43. The smallest absolute Gasteiger partial charge is 0.217 e. The monoisotopic (exact) mass is 213 g/mol. The SMILES string of the molecule is NC(=O)CCCCNCC1CCCNC1. The lowest BCUT2D eigenvalue weighted by Gasteiger charge is -2.22. The number of carbonyl (C=O) groups is 1. The molecule has 4 nitrogen and oxygen atoms in total. The highest BCUT2D eigenvalue weighted by molar-refractivity contribution is 5.73. The van der Waals surface area contributed by atoms with E-state index in [1.165, 1.54) is 19.4 Å². The first-order valence-corrected chi connectivity index (χ1v) is 5.99. The van der Waals surface area contributed by atoms with Crippen molar-refractivity contribution >= 4 is 5.91 Å². The van der Waals surface area contributed by atoms with Crippen LogP contribution in [0, 0.1) is 5.92 Å². The topological polar surface area (TPSA) is 67.2 Å². The summed E-state index contributed by atoms with van der Waals surface area (Å²) in [5.41, 5.74) is 5.06. The third kappa shape index (κ3) is 6.47. The van der Waals surface area contributed by atoms with Crippen molar-refractivity contribution in [2.45, 2.75) is 32.1 Å². The highest BCUT2D eigenvalue weighted by Crippen LogP contribution is 2.08. The van der Waals surface area contributed by atoms with E-state index < -0.39 is 0 Å². The van der Waals surface area contributed by atoms with Crippen LogP contribution in [0.15, 0.2) is 0 Å². The average molecular weight is 213 g/mol. The van der Waals surface area contributed by atoms with Crippen molar-refractivity contribution in [2.75, 3.05) is 26.2 Å². The predicted molar refractivity (Wildman–Crippen MR) is 61.5 cm³/mol. The minimum Gasteiger partial charge on any atom is -0.370 e. The molecule has 15 heavy (non-hydrogen) atoms. The molecule has 0 radical (unpaired) electrons. The Morgan fingerprint density at radius 3 is 3.00 bits per heavy atom. The van der Waals surface area contributed by atoms with Gasteiger partial charge in [0.05, 0.1) is 0 Å². The Bertz CT molecular complexity index is 179. The summed E-state index contributed by atoms with van der Waals surface area (Å²) in [6.07, 6.45) is 5.11. The molecule has 4 N–H and O–H groups in total. The maximum absolute atomic E-state index is 10.5. The molecule has 0 aromatic heterocycles. The average Bonchev–Trinajstić information content (AvgIpc) is 2.24. The lowest BCUT2D eigenvalue weighted by molar-refractivity contribution is -0.118. The zero-order valence-electron chi connectivity index (χ0n) is 9.43. The summed E-state index contributed by atoms with van der Waals surface area (Å²) in [6, 6.07) is 0. The third-order valence-corrected chi connectivity index (χ3v) is 2.86. The van der Waals surface area contributed by atoms with Gasteiger partial charge >= 0.3 is 0 Å². The predicted octanol–water partition coefficient (Wildman–Crippen LogP) is 0.231. The zero-order chi connectivity index (χ0) is 10.9. The van der Waals surface area contributed by atoms with Crippen molar-refractivity contribution in [2.24, 2.45) is 11.7 Å². The van der Waals surface area contributed by atoms with Gasteiger partial charge in [0.15, 0.2) is 0 Å². The molecule has 0 spiro atoms. The van der Waals surface area contributed by atoms with Crippen LogP contribution in [0.25, 0.3) is 0 Å². The molecule has 1 atom stereocenters. The highest BCUT2D eigenvalue weighted by Gasteiger charge is 2.11. The van der Waals surface area contributed by atoms with Gasteiger partial charge in [0, 0.05) is 6.42 Å². The Balaban J connectivity index is 1.85. The normalized spacial score (nSPS) is 21.5. The molecule has 1 saturated heterocycles. The fraction of sp³-hybridized carbons (Fsp3) is 0.909. The molecule has 4 heteroatoms. The lowest BCUT2D eigenvalue weighted by Crippen LogP contribution is -2.36. The van der Waals surface area contributed by atoms with Gasteiger partial charge in [0.25, 0.3) is 0 Å². The molecule has 0 bridgehead atoms. The molecule has 1 unspecified atom stereocenters. The largest absolute Gasteiger partial charge is 0.370 e. The Morgan fingerprint density at radius 2 is 2.33 bits per heavy atom. The van der Waals surface area contributed by atoms with Gasteiger partial charge in [-0.2, -0.15) is 0 Å². The maximum atomic E-state index is 10.5. The quantitative estimate of drug-likeness (QED) is 0.530. The zero-order valence-corrected chi connectivity index (χ0v) is 9.43. The molecular formula is C11H23N3O. The molecule has 1 aliphatic heterocycles. The fourth-order valence-electron chi connectivity index (χ4n) is 1.95. The van der Waals surface area contributed by atoms with Crippen LogP contribution in [0.2, 0.25) is 0 Å². The summed E-state index contributed by atoms with van der Waals surface area (Å²) in [4.78, 5) is 10.5. The molecule has 1 aliphatic rings. The van der Waals surface area contributed by atoms with Crippen molar-refractivity contribution in [3.63, 3.8) is 0 Å². The van der Waals surface area contributed by atoms with Gasteiger partial charge in [-0.25, -0.2) is 0 Å². The Hall–Kier alpha value is -0.610. The van der Waals surface area contributed by atoms with Crippen molar-refractivity contribution in [1.29, 1.82) is 0 Å². The van der Waals surface area contributed by atoms with E-state index in [0.29, 0.717) is 6.42 Å². The van der Waals surface area contributed by atoms with E-state index in [-0.39, 0.29) is 5.91 Å². The van der Waals surface area contributed by atoms with Gasteiger partial charge in [-0.3, -0.25) is 4.79 Å². The van der Waals surface area contributed by atoms with E-state index in [9.17, 15) is 4.79 Å². The molecular weight excluding hydrogens is 190 g/mol. The number of unbranched alkanes of at least 4 members (excludes halogenated alkanes) is 1. The molecule has 1 amide bonds. The van der Waals surface area contributed by atoms with Crippen LogP contribution in [-0.4, -0.2) is 32.1 Å². The number of rotatable bonds is 7. The highest BCUT2D eigenvalue weighted by atomic mass is 16.1. The number of hydrogen-bond donors (Lipinski definition) is 3. The van der Waals surface area contributed by atoms with Gasteiger partial charge < -0.3 is 16.4 Å². The molecule has 0 aromatic rings. The molecule has 1 fully saturated rings. The first-order valence-electron chi connectivity index (χ1n) is 5.99. The van der Waals surface area contributed by atoms with Crippen LogP contribution < -0.4 is 16.4 Å². The lowest BCUT2D eigenvalue weighted by atomic mass is 10.00. The number of primary amides is 1. The Labute approximate surface area is 92.0 Å². The van der Waals surface area contributed by atoms with Crippen LogP contribution in [0.3, 0.4) is 0 Å². The number of piperidine rings is 1. The van der Waals surface area contributed by atoms with E-state index >= 15 is 0 Å². The van der Waals surface area contributed by atoms with Crippen molar-refractivity contribution < 1.29 is 4.79 Å². The second kappa shape index (κ2) is 7.65. The van der Waals surface area contributed by atoms with Crippen molar-refractivity contribution in [3.8, 4) is 0 Å². The van der Waals surface area contributed by atoms with E-state index in [1.54, 1.807) is 0 Å². The molecule has 1 heterocycles. The Morgan fingerprint density at radius 1 is 1.47 bits per heavy atom. The molecule has 88 valence electrons. The van der Waals surface area contributed by atoms with E-state index in [2.05, 4.69) is 10.6 Å². The molecule has 0 aromatic carbocycles. The van der Waals surface area contributed by atoms with Crippen LogP contribution >= 0.6 is 0 Å². The van der Waals surface area contributed by atoms with Crippen LogP contribution in [0.1, 0.15) is 32.1 Å². The second-order valence-corrected chi connectivity index (χ2v) is 4.34. The van der Waals surface area contributed by atoms with Gasteiger partial charge in [-0.05, 0) is 57.8 Å². The molecule has 0 aliphatic carbocycles.